The van der Waals surface area contributed by atoms with Gasteiger partial charge in [-0.15, -0.1) is 0 Å². The number of rotatable bonds is 5. The smallest absolute Gasteiger partial charge is 0.282 e. The lowest BCUT2D eigenvalue weighted by Crippen LogP contribution is -2.26. The number of benzene rings is 1. The first-order chi connectivity index (χ1) is 10.0. The van der Waals surface area contributed by atoms with Gasteiger partial charge in [0, 0.05) is 38.0 Å². The Hall–Kier alpha value is -2.70. The number of carbonyl (C=O) groups excluding carboxylic acids is 1. The minimum atomic E-state index is -0.545. The molecule has 0 radical (unpaired) electrons. The van der Waals surface area contributed by atoms with E-state index >= 15 is 0 Å². The molecule has 0 aliphatic rings. The van der Waals surface area contributed by atoms with Crippen LogP contribution in [0.15, 0.2) is 36.7 Å². The standard InChI is InChI=1S/C14H16N4O3/c1-3-17-10-11(8-15-17)9-16(2)14(19)12-6-4-5-7-13(12)18(20)21/h4-8,10H,3,9H2,1-2H3. The summed E-state index contributed by atoms with van der Waals surface area (Å²) in [5, 5.41) is 15.1. The Morgan fingerprint density at radius 2 is 2.14 bits per heavy atom. The summed E-state index contributed by atoms with van der Waals surface area (Å²) in [6, 6.07) is 5.95. The second kappa shape index (κ2) is 6.17. The van der Waals surface area contributed by atoms with Crippen molar-refractivity contribution in [2.24, 2.45) is 0 Å². The van der Waals surface area contributed by atoms with Gasteiger partial charge in [0.1, 0.15) is 5.56 Å². The lowest BCUT2D eigenvalue weighted by Gasteiger charge is -2.16. The van der Waals surface area contributed by atoms with E-state index in [0.717, 1.165) is 12.1 Å². The molecule has 7 nitrogen and oxygen atoms in total. The van der Waals surface area contributed by atoms with E-state index in [-0.39, 0.29) is 17.2 Å². The third-order valence-electron chi connectivity index (χ3n) is 3.11. The van der Waals surface area contributed by atoms with Gasteiger partial charge in [0.05, 0.1) is 11.1 Å². The highest BCUT2D eigenvalue weighted by Gasteiger charge is 2.22. The molecule has 1 aromatic carbocycles. The van der Waals surface area contributed by atoms with Crippen molar-refractivity contribution < 1.29 is 9.72 Å². The van der Waals surface area contributed by atoms with Crippen molar-refractivity contribution in [2.45, 2.75) is 20.0 Å². The van der Waals surface area contributed by atoms with Crippen LogP contribution in [0, 0.1) is 10.1 Å². The zero-order chi connectivity index (χ0) is 15.4. The normalized spacial score (nSPS) is 10.4. The van der Waals surface area contributed by atoms with Crippen LogP contribution in [0.2, 0.25) is 0 Å². The Labute approximate surface area is 121 Å². The van der Waals surface area contributed by atoms with Gasteiger partial charge in [0.15, 0.2) is 0 Å². The van der Waals surface area contributed by atoms with E-state index in [2.05, 4.69) is 5.10 Å². The molecule has 2 rings (SSSR count). The first-order valence-electron chi connectivity index (χ1n) is 6.53. The third-order valence-corrected chi connectivity index (χ3v) is 3.11. The zero-order valence-electron chi connectivity index (χ0n) is 11.9. The van der Waals surface area contributed by atoms with Crippen LogP contribution in [-0.2, 0) is 13.1 Å². The predicted molar refractivity (Wildman–Crippen MR) is 76.8 cm³/mol. The molecule has 0 fully saturated rings. The molecule has 1 amide bonds. The topological polar surface area (TPSA) is 81.3 Å². The van der Waals surface area contributed by atoms with Gasteiger partial charge in [-0.2, -0.15) is 5.10 Å². The summed E-state index contributed by atoms with van der Waals surface area (Å²) >= 11 is 0. The molecule has 0 unspecified atom stereocenters. The van der Waals surface area contributed by atoms with Crippen LogP contribution in [0.3, 0.4) is 0 Å². The number of nitrogens with zero attached hydrogens (tertiary/aromatic N) is 4. The number of hydrogen-bond acceptors (Lipinski definition) is 4. The van der Waals surface area contributed by atoms with Gasteiger partial charge in [-0.05, 0) is 13.0 Å². The summed E-state index contributed by atoms with van der Waals surface area (Å²) in [5.74, 6) is -0.383. The van der Waals surface area contributed by atoms with Crippen molar-refractivity contribution in [1.29, 1.82) is 0 Å². The largest absolute Gasteiger partial charge is 0.337 e. The highest BCUT2D eigenvalue weighted by molar-refractivity contribution is 5.97. The molecular weight excluding hydrogens is 272 g/mol. The summed E-state index contributed by atoms with van der Waals surface area (Å²) in [6.45, 7) is 3.08. The van der Waals surface area contributed by atoms with E-state index in [0.29, 0.717) is 6.54 Å². The molecule has 0 saturated heterocycles. The molecule has 0 atom stereocenters. The zero-order valence-corrected chi connectivity index (χ0v) is 11.9. The van der Waals surface area contributed by atoms with Crippen molar-refractivity contribution in [3.8, 4) is 0 Å². The molecule has 0 N–H and O–H groups in total. The van der Waals surface area contributed by atoms with Crippen LogP contribution in [0.5, 0.6) is 0 Å². The van der Waals surface area contributed by atoms with E-state index in [4.69, 9.17) is 0 Å². The van der Waals surface area contributed by atoms with Gasteiger partial charge < -0.3 is 4.90 Å². The summed E-state index contributed by atoms with van der Waals surface area (Å²) in [7, 11) is 1.61. The van der Waals surface area contributed by atoms with E-state index in [1.807, 2.05) is 13.1 Å². The van der Waals surface area contributed by atoms with Gasteiger partial charge in [-0.3, -0.25) is 19.6 Å². The molecule has 110 valence electrons. The van der Waals surface area contributed by atoms with Crippen molar-refractivity contribution in [1.82, 2.24) is 14.7 Å². The fraction of sp³-hybridized carbons (Fsp3) is 0.286. The Morgan fingerprint density at radius 3 is 2.76 bits per heavy atom. The fourth-order valence-electron chi connectivity index (χ4n) is 2.03. The molecule has 0 saturated carbocycles. The Kier molecular flexibility index (Phi) is 4.32. The first-order valence-corrected chi connectivity index (χ1v) is 6.53. The SMILES string of the molecule is CCn1cc(CN(C)C(=O)c2ccccc2[N+](=O)[O-])cn1. The third kappa shape index (κ3) is 3.25. The average Bonchev–Trinajstić information content (AvgIpc) is 2.94. The lowest BCUT2D eigenvalue weighted by molar-refractivity contribution is -0.385. The quantitative estimate of drug-likeness (QED) is 0.623. The second-order valence-electron chi connectivity index (χ2n) is 4.64. The van der Waals surface area contributed by atoms with Crippen LogP contribution >= 0.6 is 0 Å². The number of carbonyl (C=O) groups is 1. The van der Waals surface area contributed by atoms with Crippen LogP contribution in [0.4, 0.5) is 5.69 Å². The molecule has 0 spiro atoms. The van der Waals surface area contributed by atoms with Crippen molar-refractivity contribution in [2.75, 3.05) is 7.05 Å². The number of para-hydroxylation sites is 1. The number of aryl methyl sites for hydroxylation is 1. The van der Waals surface area contributed by atoms with Gasteiger partial charge >= 0.3 is 0 Å². The van der Waals surface area contributed by atoms with E-state index in [1.54, 1.807) is 30.1 Å². The maximum Gasteiger partial charge on any atom is 0.282 e. The number of amides is 1. The van der Waals surface area contributed by atoms with Crippen molar-refractivity contribution in [3.63, 3.8) is 0 Å². The van der Waals surface area contributed by atoms with Crippen LogP contribution in [0.1, 0.15) is 22.8 Å². The second-order valence-corrected chi connectivity index (χ2v) is 4.64. The number of hydrogen-bond donors (Lipinski definition) is 0. The summed E-state index contributed by atoms with van der Waals surface area (Å²) in [5.41, 5.74) is 0.790. The van der Waals surface area contributed by atoms with Gasteiger partial charge in [0.2, 0.25) is 0 Å². The maximum absolute atomic E-state index is 12.3. The van der Waals surface area contributed by atoms with E-state index in [9.17, 15) is 14.9 Å². The average molecular weight is 288 g/mol. The number of aromatic nitrogens is 2. The Bertz CT molecular complexity index is 666. The van der Waals surface area contributed by atoms with Crippen molar-refractivity contribution in [3.05, 3.63) is 57.9 Å². The molecule has 0 aliphatic carbocycles. The number of nitro groups is 1. The summed E-state index contributed by atoms with van der Waals surface area (Å²) in [6.07, 6.45) is 3.54. The molecule has 0 aliphatic heterocycles. The first kappa shape index (κ1) is 14.7. The summed E-state index contributed by atoms with van der Waals surface area (Å²) in [4.78, 5) is 24.2. The minimum absolute atomic E-state index is 0.0906. The van der Waals surface area contributed by atoms with Crippen LogP contribution in [0.25, 0.3) is 0 Å². The van der Waals surface area contributed by atoms with Crippen LogP contribution in [-0.4, -0.2) is 32.6 Å². The molecule has 2 aromatic rings. The molecule has 7 heteroatoms. The fourth-order valence-corrected chi connectivity index (χ4v) is 2.03. The number of nitro benzene ring substituents is 1. The van der Waals surface area contributed by atoms with Gasteiger partial charge in [-0.25, -0.2) is 0 Å². The highest BCUT2D eigenvalue weighted by Crippen LogP contribution is 2.19. The molecule has 1 heterocycles. The molecule has 1 aromatic heterocycles. The molecule has 0 bridgehead atoms. The Morgan fingerprint density at radius 1 is 1.43 bits per heavy atom. The predicted octanol–water partition coefficient (Wildman–Crippen LogP) is 2.08. The minimum Gasteiger partial charge on any atom is -0.337 e. The monoisotopic (exact) mass is 288 g/mol. The van der Waals surface area contributed by atoms with Crippen molar-refractivity contribution >= 4 is 11.6 Å². The maximum atomic E-state index is 12.3. The van der Waals surface area contributed by atoms with Gasteiger partial charge in [0.25, 0.3) is 11.6 Å². The Balaban J connectivity index is 2.17. The lowest BCUT2D eigenvalue weighted by atomic mass is 10.1. The molecule has 21 heavy (non-hydrogen) atoms. The van der Waals surface area contributed by atoms with Gasteiger partial charge in [-0.1, -0.05) is 12.1 Å². The highest BCUT2D eigenvalue weighted by atomic mass is 16.6. The van der Waals surface area contributed by atoms with E-state index in [1.165, 1.54) is 17.0 Å². The summed E-state index contributed by atoms with van der Waals surface area (Å²) < 4.78 is 1.76. The van der Waals surface area contributed by atoms with E-state index < -0.39 is 4.92 Å². The molecular formula is C14H16N4O3. The van der Waals surface area contributed by atoms with Crippen LogP contribution < -0.4 is 0 Å².